The molecule has 0 aliphatic carbocycles. The quantitative estimate of drug-likeness (QED) is 0.151. The van der Waals surface area contributed by atoms with Gasteiger partial charge >= 0.3 is 0 Å². The van der Waals surface area contributed by atoms with Crippen LogP contribution in [0.2, 0.25) is 0 Å². The van der Waals surface area contributed by atoms with Crippen LogP contribution in [0.5, 0.6) is 0 Å². The lowest BCUT2D eigenvalue weighted by molar-refractivity contribution is 0.459. The van der Waals surface area contributed by atoms with E-state index < -0.39 is 0 Å². The lowest BCUT2D eigenvalue weighted by Gasteiger charge is -2.28. The highest BCUT2D eigenvalue weighted by molar-refractivity contribution is 6.24. The molecule has 0 aliphatic rings. The van der Waals surface area contributed by atoms with Gasteiger partial charge in [0.05, 0.1) is 4.87 Å². The zero-order valence-corrected chi connectivity index (χ0v) is 20.7. The molecular weight excluding hydrogens is 386 g/mol. The van der Waals surface area contributed by atoms with E-state index in [0.29, 0.717) is 0 Å². The van der Waals surface area contributed by atoms with Gasteiger partial charge in [0.1, 0.15) is 0 Å². The molecule has 30 heavy (non-hydrogen) atoms. The number of hydrogen-bond acceptors (Lipinski definition) is 1. The molecule has 2 N–H and O–H groups in total. The zero-order valence-electron chi connectivity index (χ0n) is 20.0. The summed E-state index contributed by atoms with van der Waals surface area (Å²) in [5, 5.41) is 0. The van der Waals surface area contributed by atoms with Gasteiger partial charge in [0, 0.05) is 0 Å². The van der Waals surface area contributed by atoms with Crippen molar-refractivity contribution in [2.45, 2.75) is 134 Å². The predicted octanol–water partition coefficient (Wildman–Crippen LogP) is 9.51. The van der Waals surface area contributed by atoms with Crippen LogP contribution in [0.1, 0.15) is 134 Å². The summed E-state index contributed by atoms with van der Waals surface area (Å²) in [6.45, 7) is 3.02. The highest BCUT2D eigenvalue weighted by atomic mass is 35.5. The molecule has 1 atom stereocenters. The van der Waals surface area contributed by atoms with Crippen LogP contribution in [0, 0.1) is 0 Å². The molecule has 174 valence electrons. The fourth-order valence-corrected chi connectivity index (χ4v) is 4.88. The van der Waals surface area contributed by atoms with Gasteiger partial charge in [0.2, 0.25) is 0 Å². The van der Waals surface area contributed by atoms with Crippen molar-refractivity contribution in [1.29, 1.82) is 0 Å². The molecule has 0 fully saturated rings. The topological polar surface area (TPSA) is 26.0 Å². The van der Waals surface area contributed by atoms with Crippen LogP contribution in [0.25, 0.3) is 0 Å². The maximum absolute atomic E-state index is 7.05. The highest BCUT2D eigenvalue weighted by Crippen LogP contribution is 2.39. The first-order valence-electron chi connectivity index (χ1n) is 13.2. The first-order chi connectivity index (χ1) is 14.7. The number of alkyl halides is 1. The van der Waals surface area contributed by atoms with Crippen molar-refractivity contribution in [3.8, 4) is 0 Å². The lowest BCUT2D eigenvalue weighted by Crippen LogP contribution is -2.20. The minimum Gasteiger partial charge on any atom is -0.330 e. The van der Waals surface area contributed by atoms with Gasteiger partial charge in [0.25, 0.3) is 0 Å². The van der Waals surface area contributed by atoms with E-state index in [-0.39, 0.29) is 4.87 Å². The second kappa shape index (κ2) is 19.2. The van der Waals surface area contributed by atoms with E-state index in [1.807, 2.05) is 0 Å². The van der Waals surface area contributed by atoms with Crippen LogP contribution in [-0.4, -0.2) is 6.54 Å². The molecule has 0 heterocycles. The summed E-state index contributed by atoms with van der Waals surface area (Å²) in [7, 11) is 0. The summed E-state index contributed by atoms with van der Waals surface area (Å²) in [6, 6.07) is 10.6. The van der Waals surface area contributed by atoms with E-state index in [1.54, 1.807) is 0 Å². The van der Waals surface area contributed by atoms with Gasteiger partial charge in [-0.05, 0) is 31.4 Å². The standard InChI is InChI=1S/C28H50ClN/c1-2-3-4-5-6-7-8-9-10-11-12-13-14-15-16-20-24-28(29,25-21-26-30)27-22-18-17-19-23-27/h17-19,22-23H,2-16,20-21,24-26,30H2,1H3. The average Bonchev–Trinajstić information content (AvgIpc) is 2.78. The molecule has 0 saturated carbocycles. The molecule has 0 bridgehead atoms. The molecule has 1 nitrogen and oxygen atoms in total. The van der Waals surface area contributed by atoms with Crippen molar-refractivity contribution in [2.75, 3.05) is 6.54 Å². The Labute approximate surface area is 193 Å². The van der Waals surface area contributed by atoms with Crippen LogP contribution in [0.15, 0.2) is 30.3 Å². The van der Waals surface area contributed by atoms with Crippen LogP contribution in [0.4, 0.5) is 0 Å². The maximum atomic E-state index is 7.05. The Morgan fingerprint density at radius 3 is 1.43 bits per heavy atom. The summed E-state index contributed by atoms with van der Waals surface area (Å²) in [4.78, 5) is -0.226. The molecular formula is C28H50ClN. The van der Waals surface area contributed by atoms with Gasteiger partial charge in [0.15, 0.2) is 0 Å². The minimum atomic E-state index is -0.226. The number of halogens is 1. The molecule has 1 aromatic rings. The van der Waals surface area contributed by atoms with Gasteiger partial charge < -0.3 is 5.73 Å². The fraction of sp³-hybridized carbons (Fsp3) is 0.786. The van der Waals surface area contributed by atoms with E-state index in [1.165, 1.54) is 108 Å². The van der Waals surface area contributed by atoms with Crippen LogP contribution < -0.4 is 5.73 Å². The Hall–Kier alpha value is -0.530. The van der Waals surface area contributed by atoms with Gasteiger partial charge in [-0.1, -0.05) is 140 Å². The monoisotopic (exact) mass is 435 g/mol. The zero-order chi connectivity index (χ0) is 21.8. The smallest absolute Gasteiger partial charge is 0.0695 e. The molecule has 0 aromatic heterocycles. The van der Waals surface area contributed by atoms with Crippen molar-refractivity contribution in [3.63, 3.8) is 0 Å². The third kappa shape index (κ3) is 13.7. The third-order valence-corrected chi connectivity index (χ3v) is 7.09. The number of hydrogen-bond donors (Lipinski definition) is 1. The van der Waals surface area contributed by atoms with E-state index >= 15 is 0 Å². The van der Waals surface area contributed by atoms with Crippen LogP contribution in [0.3, 0.4) is 0 Å². The number of rotatable bonds is 21. The summed E-state index contributed by atoms with van der Waals surface area (Å²) in [5.74, 6) is 0. The molecule has 0 amide bonds. The van der Waals surface area contributed by atoms with Crippen molar-refractivity contribution >= 4 is 11.6 Å². The Bertz CT molecular complexity index is 475. The maximum Gasteiger partial charge on any atom is 0.0695 e. The van der Waals surface area contributed by atoms with Crippen LogP contribution in [-0.2, 0) is 4.87 Å². The molecule has 0 spiro atoms. The number of unbranched alkanes of at least 4 members (excludes halogenated alkanes) is 15. The van der Waals surface area contributed by atoms with Crippen molar-refractivity contribution < 1.29 is 0 Å². The van der Waals surface area contributed by atoms with E-state index in [2.05, 4.69) is 37.3 Å². The van der Waals surface area contributed by atoms with E-state index in [9.17, 15) is 0 Å². The average molecular weight is 436 g/mol. The van der Waals surface area contributed by atoms with Gasteiger partial charge in [-0.25, -0.2) is 0 Å². The summed E-state index contributed by atoms with van der Waals surface area (Å²) in [5.41, 5.74) is 7.01. The predicted molar refractivity (Wildman–Crippen MR) is 136 cm³/mol. The Morgan fingerprint density at radius 2 is 1.00 bits per heavy atom. The first kappa shape index (κ1) is 27.5. The first-order valence-corrected chi connectivity index (χ1v) is 13.6. The SMILES string of the molecule is CCCCCCCCCCCCCCCCCCC(Cl)(CCCN)c1ccccc1. The van der Waals surface area contributed by atoms with Gasteiger partial charge in [-0.3, -0.25) is 0 Å². The summed E-state index contributed by atoms with van der Waals surface area (Å²) in [6.07, 6.45) is 25.6. The van der Waals surface area contributed by atoms with Gasteiger partial charge in [-0.2, -0.15) is 0 Å². The van der Waals surface area contributed by atoms with E-state index in [0.717, 1.165) is 25.8 Å². The minimum absolute atomic E-state index is 0.226. The van der Waals surface area contributed by atoms with E-state index in [4.69, 9.17) is 17.3 Å². The lowest BCUT2D eigenvalue weighted by atomic mass is 9.88. The molecule has 0 saturated heterocycles. The number of benzene rings is 1. The fourth-order valence-electron chi connectivity index (χ4n) is 4.49. The summed E-state index contributed by atoms with van der Waals surface area (Å²) < 4.78 is 0. The normalized spacial score (nSPS) is 13.4. The second-order valence-electron chi connectivity index (χ2n) is 9.28. The highest BCUT2D eigenvalue weighted by Gasteiger charge is 2.28. The van der Waals surface area contributed by atoms with Gasteiger partial charge in [-0.15, -0.1) is 11.6 Å². The molecule has 1 rings (SSSR count). The van der Waals surface area contributed by atoms with Crippen LogP contribution >= 0.6 is 11.6 Å². The molecule has 1 unspecified atom stereocenters. The molecule has 0 aliphatic heterocycles. The van der Waals surface area contributed by atoms with Crippen molar-refractivity contribution in [1.82, 2.24) is 0 Å². The number of nitrogens with two attached hydrogens (primary N) is 1. The van der Waals surface area contributed by atoms with Crippen molar-refractivity contribution in [2.24, 2.45) is 5.73 Å². The third-order valence-electron chi connectivity index (χ3n) is 6.49. The Morgan fingerprint density at radius 1 is 0.600 bits per heavy atom. The molecule has 1 aromatic carbocycles. The largest absolute Gasteiger partial charge is 0.330 e. The van der Waals surface area contributed by atoms with Crippen molar-refractivity contribution in [3.05, 3.63) is 35.9 Å². The second-order valence-corrected chi connectivity index (χ2v) is 10.0. The Balaban J connectivity index is 1.98. The Kier molecular flexibility index (Phi) is 17.6. The molecule has 2 heteroatoms. The summed E-state index contributed by atoms with van der Waals surface area (Å²) >= 11 is 7.05. The molecule has 0 radical (unpaired) electrons.